The molecule has 4 aromatic rings. The Bertz CT molecular complexity index is 1280. The van der Waals surface area contributed by atoms with E-state index >= 15 is 0 Å². The first-order valence-corrected chi connectivity index (χ1v) is 12.6. The van der Waals surface area contributed by atoms with Crippen LogP contribution in [-0.4, -0.2) is 37.0 Å². The molecule has 0 saturated carbocycles. The average molecular weight is 509 g/mol. The second-order valence-electron chi connectivity index (χ2n) is 8.81. The lowest BCUT2D eigenvalue weighted by Gasteiger charge is -2.31. The molecule has 1 atom stereocenters. The Morgan fingerprint density at radius 3 is 1.97 bits per heavy atom. The summed E-state index contributed by atoms with van der Waals surface area (Å²) in [6.45, 7) is 0.491. The fraction of sp³-hybridized carbons (Fsp3) is 0.188. The number of carbonyl (C=O) groups is 2. The standard InChI is InChI=1S/C32H32N2O4/c1-37-28-19-17-26(18-20-28)23-34(30(35)24-38-29-15-9-4-10-16-29)31(27-13-7-3-8-14-27)32(36)33-22-21-25-11-5-2-6-12-25/h2-20,31H,21-24H2,1H3,(H,33,36)/t31-/m0/s1. The van der Waals surface area contributed by atoms with E-state index < -0.39 is 6.04 Å². The predicted octanol–water partition coefficient (Wildman–Crippen LogP) is 5.20. The molecule has 0 fully saturated rings. The monoisotopic (exact) mass is 508 g/mol. The van der Waals surface area contributed by atoms with Crippen LogP contribution >= 0.6 is 0 Å². The maximum Gasteiger partial charge on any atom is 0.261 e. The van der Waals surface area contributed by atoms with Crippen LogP contribution < -0.4 is 14.8 Å². The fourth-order valence-electron chi connectivity index (χ4n) is 4.18. The van der Waals surface area contributed by atoms with Crippen LogP contribution in [0.3, 0.4) is 0 Å². The van der Waals surface area contributed by atoms with Crippen LogP contribution in [0.2, 0.25) is 0 Å². The highest BCUT2D eigenvalue weighted by Crippen LogP contribution is 2.25. The highest BCUT2D eigenvalue weighted by Gasteiger charge is 2.31. The molecule has 0 radical (unpaired) electrons. The Morgan fingerprint density at radius 1 is 0.737 bits per heavy atom. The number of methoxy groups -OCH3 is 1. The number of rotatable bonds is 12. The van der Waals surface area contributed by atoms with Gasteiger partial charge in [0, 0.05) is 13.1 Å². The summed E-state index contributed by atoms with van der Waals surface area (Å²) in [6, 6.07) is 35.2. The van der Waals surface area contributed by atoms with E-state index in [4.69, 9.17) is 9.47 Å². The summed E-state index contributed by atoms with van der Waals surface area (Å²) in [5.74, 6) is 0.775. The third-order valence-corrected chi connectivity index (χ3v) is 6.17. The van der Waals surface area contributed by atoms with Gasteiger partial charge < -0.3 is 19.7 Å². The van der Waals surface area contributed by atoms with Crippen molar-refractivity contribution >= 4 is 11.8 Å². The molecular weight excluding hydrogens is 476 g/mol. The molecule has 0 aliphatic carbocycles. The Morgan fingerprint density at radius 2 is 1.34 bits per heavy atom. The number of ether oxygens (including phenoxy) is 2. The van der Waals surface area contributed by atoms with E-state index in [0.717, 1.165) is 22.4 Å². The van der Waals surface area contributed by atoms with Crippen molar-refractivity contribution in [1.29, 1.82) is 0 Å². The number of nitrogens with zero attached hydrogens (tertiary/aromatic N) is 1. The van der Waals surface area contributed by atoms with E-state index in [1.54, 1.807) is 24.1 Å². The molecule has 6 nitrogen and oxygen atoms in total. The number of nitrogens with one attached hydrogen (secondary N) is 1. The molecule has 0 unspecified atom stereocenters. The van der Waals surface area contributed by atoms with Crippen molar-refractivity contribution in [3.63, 3.8) is 0 Å². The first-order valence-electron chi connectivity index (χ1n) is 12.6. The summed E-state index contributed by atoms with van der Waals surface area (Å²) in [4.78, 5) is 28.9. The Hall–Kier alpha value is -4.58. The van der Waals surface area contributed by atoms with E-state index in [1.807, 2.05) is 103 Å². The Balaban J connectivity index is 1.59. The molecule has 0 aromatic heterocycles. The van der Waals surface area contributed by atoms with Gasteiger partial charge in [0.05, 0.1) is 7.11 Å². The first kappa shape index (κ1) is 26.5. The molecule has 6 heteroatoms. The quantitative estimate of drug-likeness (QED) is 0.286. The van der Waals surface area contributed by atoms with Crippen LogP contribution in [0.15, 0.2) is 115 Å². The average Bonchev–Trinajstić information content (AvgIpc) is 2.97. The molecular formula is C32H32N2O4. The molecule has 0 saturated heterocycles. The summed E-state index contributed by atoms with van der Waals surface area (Å²) in [7, 11) is 1.61. The smallest absolute Gasteiger partial charge is 0.261 e. The number of hydrogen-bond donors (Lipinski definition) is 1. The molecule has 2 amide bonds. The topological polar surface area (TPSA) is 67.9 Å². The minimum absolute atomic E-state index is 0.194. The van der Waals surface area contributed by atoms with Gasteiger partial charge in [-0.3, -0.25) is 9.59 Å². The number of para-hydroxylation sites is 1. The van der Waals surface area contributed by atoms with Gasteiger partial charge in [0.25, 0.3) is 5.91 Å². The van der Waals surface area contributed by atoms with Gasteiger partial charge >= 0.3 is 0 Å². The van der Waals surface area contributed by atoms with E-state index in [1.165, 1.54) is 0 Å². The van der Waals surface area contributed by atoms with E-state index in [2.05, 4.69) is 5.32 Å². The highest BCUT2D eigenvalue weighted by atomic mass is 16.5. The van der Waals surface area contributed by atoms with Gasteiger partial charge in [-0.25, -0.2) is 0 Å². The van der Waals surface area contributed by atoms with E-state index in [9.17, 15) is 9.59 Å². The van der Waals surface area contributed by atoms with Crippen LogP contribution in [0.1, 0.15) is 22.7 Å². The first-order chi connectivity index (χ1) is 18.6. The van der Waals surface area contributed by atoms with Crippen molar-refractivity contribution < 1.29 is 19.1 Å². The maximum atomic E-state index is 13.7. The van der Waals surface area contributed by atoms with Gasteiger partial charge in [0.15, 0.2) is 6.61 Å². The lowest BCUT2D eigenvalue weighted by Crippen LogP contribution is -2.45. The number of amides is 2. The lowest BCUT2D eigenvalue weighted by molar-refractivity contribution is -0.143. The molecule has 194 valence electrons. The SMILES string of the molecule is COc1ccc(CN(C(=O)COc2ccccc2)[C@H](C(=O)NCCc2ccccc2)c2ccccc2)cc1. The van der Waals surface area contributed by atoms with Crippen LogP contribution in [0.25, 0.3) is 0 Å². The van der Waals surface area contributed by atoms with Crippen LogP contribution in [0.5, 0.6) is 11.5 Å². The summed E-state index contributed by atoms with van der Waals surface area (Å²) in [5.41, 5.74) is 2.73. The van der Waals surface area contributed by atoms with Gasteiger partial charge in [0.2, 0.25) is 5.91 Å². The minimum atomic E-state index is -0.832. The Labute approximate surface area is 223 Å². The molecule has 4 rings (SSSR count). The molecule has 0 spiro atoms. The zero-order valence-corrected chi connectivity index (χ0v) is 21.5. The van der Waals surface area contributed by atoms with Gasteiger partial charge in [-0.1, -0.05) is 91.0 Å². The van der Waals surface area contributed by atoms with Gasteiger partial charge in [-0.15, -0.1) is 0 Å². The molecule has 0 bridgehead atoms. The van der Waals surface area contributed by atoms with Crippen molar-refractivity contribution in [3.05, 3.63) is 132 Å². The van der Waals surface area contributed by atoms with Gasteiger partial charge in [-0.2, -0.15) is 0 Å². The molecule has 0 aliphatic heterocycles. The molecule has 38 heavy (non-hydrogen) atoms. The number of carbonyl (C=O) groups excluding carboxylic acids is 2. The minimum Gasteiger partial charge on any atom is -0.497 e. The van der Waals surface area contributed by atoms with E-state index in [0.29, 0.717) is 18.7 Å². The van der Waals surface area contributed by atoms with Crippen LogP contribution in [0.4, 0.5) is 0 Å². The van der Waals surface area contributed by atoms with Gasteiger partial charge in [-0.05, 0) is 47.4 Å². The second-order valence-corrected chi connectivity index (χ2v) is 8.81. The third kappa shape index (κ3) is 7.46. The van der Waals surface area contributed by atoms with Crippen molar-refractivity contribution in [3.8, 4) is 11.5 Å². The van der Waals surface area contributed by atoms with E-state index in [-0.39, 0.29) is 25.0 Å². The zero-order valence-electron chi connectivity index (χ0n) is 21.5. The zero-order chi connectivity index (χ0) is 26.6. The lowest BCUT2D eigenvalue weighted by atomic mass is 10.0. The van der Waals surface area contributed by atoms with Crippen molar-refractivity contribution in [2.24, 2.45) is 0 Å². The van der Waals surface area contributed by atoms with Crippen LogP contribution in [-0.2, 0) is 22.6 Å². The van der Waals surface area contributed by atoms with Crippen molar-refractivity contribution in [1.82, 2.24) is 10.2 Å². The molecule has 0 heterocycles. The summed E-state index contributed by atoms with van der Waals surface area (Å²) < 4.78 is 11.1. The fourth-order valence-corrected chi connectivity index (χ4v) is 4.18. The third-order valence-electron chi connectivity index (χ3n) is 6.17. The molecule has 1 N–H and O–H groups in total. The summed E-state index contributed by atoms with van der Waals surface area (Å²) in [5, 5.41) is 3.05. The predicted molar refractivity (Wildman–Crippen MR) is 148 cm³/mol. The highest BCUT2D eigenvalue weighted by molar-refractivity contribution is 5.89. The van der Waals surface area contributed by atoms with Crippen molar-refractivity contribution in [2.75, 3.05) is 20.3 Å². The normalized spacial score (nSPS) is 11.3. The van der Waals surface area contributed by atoms with Crippen LogP contribution in [0, 0.1) is 0 Å². The molecule has 4 aromatic carbocycles. The number of benzene rings is 4. The largest absolute Gasteiger partial charge is 0.497 e. The molecule has 0 aliphatic rings. The Kier molecular flexibility index (Phi) is 9.51. The van der Waals surface area contributed by atoms with Gasteiger partial charge in [0.1, 0.15) is 17.5 Å². The number of hydrogen-bond acceptors (Lipinski definition) is 4. The maximum absolute atomic E-state index is 13.7. The summed E-state index contributed by atoms with van der Waals surface area (Å²) in [6.07, 6.45) is 0.692. The summed E-state index contributed by atoms with van der Waals surface area (Å²) >= 11 is 0. The van der Waals surface area contributed by atoms with Crippen molar-refractivity contribution in [2.45, 2.75) is 19.0 Å². The second kappa shape index (κ2) is 13.7.